The predicted octanol–water partition coefficient (Wildman–Crippen LogP) is 2.61. The fraction of sp³-hybridized carbons (Fsp3) is 0.211. The number of fused-ring (bicyclic) bond motifs is 2. The van der Waals surface area contributed by atoms with Gasteiger partial charge in [-0.15, -0.1) is 5.10 Å². The molecule has 0 fully saturated rings. The lowest BCUT2D eigenvalue weighted by Crippen LogP contribution is -2.21. The van der Waals surface area contributed by atoms with Gasteiger partial charge in [-0.2, -0.15) is 0 Å². The molecule has 0 saturated carbocycles. The van der Waals surface area contributed by atoms with Crippen LogP contribution in [0.3, 0.4) is 0 Å². The molecule has 9 heteroatoms. The number of rotatable bonds is 3. The van der Waals surface area contributed by atoms with Crippen molar-refractivity contribution in [1.29, 1.82) is 0 Å². The first kappa shape index (κ1) is 16.4. The summed E-state index contributed by atoms with van der Waals surface area (Å²) in [6.07, 6.45) is -0.553. The smallest absolute Gasteiger partial charge is 0.322 e. The second-order valence-electron chi connectivity index (χ2n) is 6.12. The van der Waals surface area contributed by atoms with Crippen LogP contribution in [0.1, 0.15) is 22.4 Å². The van der Waals surface area contributed by atoms with Gasteiger partial charge in [0.05, 0.1) is 0 Å². The van der Waals surface area contributed by atoms with Crippen LogP contribution in [0.15, 0.2) is 46.9 Å². The Morgan fingerprint density at radius 2 is 1.71 bits per heavy atom. The molecule has 1 amide bonds. The summed E-state index contributed by atoms with van der Waals surface area (Å²) in [6.45, 7) is 1.16. The van der Waals surface area contributed by atoms with E-state index in [1.54, 1.807) is 24.3 Å². The number of carbonyl (C=O) groups is 1. The summed E-state index contributed by atoms with van der Waals surface area (Å²) < 4.78 is 27.9. The highest BCUT2D eigenvalue weighted by molar-refractivity contribution is 6.03. The van der Waals surface area contributed by atoms with Crippen LogP contribution in [0, 0.1) is 0 Å². The molecule has 0 saturated heterocycles. The molecule has 2 aliphatic heterocycles. The maximum Gasteiger partial charge on any atom is 0.322 e. The number of carbonyl (C=O) groups excluding carboxylic acids is 1. The van der Waals surface area contributed by atoms with Crippen molar-refractivity contribution in [2.24, 2.45) is 0 Å². The van der Waals surface area contributed by atoms with Crippen LogP contribution in [0.4, 0.5) is 6.01 Å². The topological polar surface area (TPSA) is 105 Å². The highest BCUT2D eigenvalue weighted by atomic mass is 16.6. The SMILES string of the molecule is O=C(Nc1nnc(C2COc3ccccc3O2)o1)c1ccc2c(c1)OCCO2. The molecule has 1 atom stereocenters. The van der Waals surface area contributed by atoms with Crippen molar-refractivity contribution in [3.8, 4) is 23.0 Å². The van der Waals surface area contributed by atoms with Gasteiger partial charge in [-0.3, -0.25) is 10.1 Å². The summed E-state index contributed by atoms with van der Waals surface area (Å²) in [7, 11) is 0. The van der Waals surface area contributed by atoms with Crippen LogP contribution in [0.5, 0.6) is 23.0 Å². The molecule has 0 bridgehead atoms. The number of nitrogens with zero attached hydrogens (tertiary/aromatic N) is 2. The molecule has 3 heterocycles. The standard InChI is InChI=1S/C19H15N3O6/c23-17(11-5-6-13-15(9-11)25-8-7-24-13)20-19-22-21-18(28-19)16-10-26-12-3-1-2-4-14(12)27-16/h1-6,9,16H,7-8,10H2,(H,20,22,23). The zero-order valence-electron chi connectivity index (χ0n) is 14.6. The van der Waals surface area contributed by atoms with Crippen LogP contribution >= 0.6 is 0 Å². The van der Waals surface area contributed by atoms with Crippen LogP contribution in [-0.4, -0.2) is 35.9 Å². The van der Waals surface area contributed by atoms with Crippen molar-refractivity contribution in [3.63, 3.8) is 0 Å². The Bertz CT molecular complexity index is 1030. The molecule has 1 aromatic heterocycles. The fourth-order valence-electron chi connectivity index (χ4n) is 2.91. The lowest BCUT2D eigenvalue weighted by molar-refractivity contribution is 0.0716. The largest absolute Gasteiger partial charge is 0.486 e. The molecule has 1 N–H and O–H groups in total. The molecule has 5 rings (SSSR count). The molecule has 142 valence electrons. The lowest BCUT2D eigenvalue weighted by Gasteiger charge is -2.23. The van der Waals surface area contributed by atoms with Gasteiger partial charge >= 0.3 is 6.01 Å². The number of anilines is 1. The van der Waals surface area contributed by atoms with Crippen LogP contribution in [0.2, 0.25) is 0 Å². The number of amides is 1. The second-order valence-corrected chi connectivity index (χ2v) is 6.12. The third-order valence-corrected chi connectivity index (χ3v) is 4.25. The van der Waals surface area contributed by atoms with Crippen molar-refractivity contribution < 1.29 is 28.2 Å². The van der Waals surface area contributed by atoms with E-state index in [-0.39, 0.29) is 18.5 Å². The first-order chi connectivity index (χ1) is 13.8. The number of aromatic nitrogens is 2. The summed E-state index contributed by atoms with van der Waals surface area (Å²) in [4.78, 5) is 12.5. The maximum atomic E-state index is 12.5. The monoisotopic (exact) mass is 381 g/mol. The molecule has 2 aromatic carbocycles. The first-order valence-electron chi connectivity index (χ1n) is 8.69. The van der Waals surface area contributed by atoms with Crippen molar-refractivity contribution in [2.75, 3.05) is 25.1 Å². The number of benzene rings is 2. The van der Waals surface area contributed by atoms with E-state index < -0.39 is 12.0 Å². The minimum atomic E-state index is -0.553. The second kappa shape index (κ2) is 6.76. The number of ether oxygens (including phenoxy) is 4. The van der Waals surface area contributed by atoms with Gasteiger partial charge in [-0.25, -0.2) is 0 Å². The quantitative estimate of drug-likeness (QED) is 0.738. The average Bonchev–Trinajstić information content (AvgIpc) is 3.21. The number of hydrogen-bond donors (Lipinski definition) is 1. The highest BCUT2D eigenvalue weighted by Crippen LogP contribution is 2.36. The van der Waals surface area contributed by atoms with E-state index in [0.29, 0.717) is 41.8 Å². The zero-order valence-corrected chi connectivity index (χ0v) is 14.6. The van der Waals surface area contributed by atoms with Gasteiger partial charge in [0.1, 0.15) is 19.8 Å². The molecule has 0 aliphatic carbocycles. The molecular formula is C19H15N3O6. The van der Waals surface area contributed by atoms with E-state index in [0.717, 1.165) is 0 Å². The lowest BCUT2D eigenvalue weighted by atomic mass is 10.2. The van der Waals surface area contributed by atoms with Gasteiger partial charge in [-0.1, -0.05) is 17.2 Å². The Morgan fingerprint density at radius 3 is 2.61 bits per heavy atom. The van der Waals surface area contributed by atoms with Crippen molar-refractivity contribution in [3.05, 3.63) is 53.9 Å². The Balaban J connectivity index is 1.28. The summed E-state index contributed by atoms with van der Waals surface area (Å²) in [5, 5.41) is 10.4. The maximum absolute atomic E-state index is 12.5. The van der Waals surface area contributed by atoms with E-state index >= 15 is 0 Å². The van der Waals surface area contributed by atoms with Crippen molar-refractivity contribution in [1.82, 2.24) is 10.2 Å². The summed E-state index contributed by atoms with van der Waals surface area (Å²) in [6, 6.07) is 12.2. The molecule has 9 nitrogen and oxygen atoms in total. The highest BCUT2D eigenvalue weighted by Gasteiger charge is 2.27. The molecular weight excluding hydrogens is 366 g/mol. The minimum Gasteiger partial charge on any atom is -0.486 e. The van der Waals surface area contributed by atoms with Gasteiger partial charge in [0, 0.05) is 5.56 Å². The molecule has 0 radical (unpaired) electrons. The number of para-hydroxylation sites is 2. The summed E-state index contributed by atoms with van der Waals surface area (Å²) >= 11 is 0. The van der Waals surface area contributed by atoms with Gasteiger partial charge in [0.25, 0.3) is 11.8 Å². The van der Waals surface area contributed by atoms with Crippen LogP contribution in [-0.2, 0) is 0 Å². The molecule has 28 heavy (non-hydrogen) atoms. The van der Waals surface area contributed by atoms with E-state index in [9.17, 15) is 4.79 Å². The first-order valence-corrected chi connectivity index (χ1v) is 8.69. The van der Waals surface area contributed by atoms with E-state index in [1.165, 1.54) is 0 Å². The average molecular weight is 381 g/mol. The molecule has 0 spiro atoms. The molecule has 3 aromatic rings. The van der Waals surface area contributed by atoms with Crippen molar-refractivity contribution in [2.45, 2.75) is 6.10 Å². The van der Waals surface area contributed by atoms with Crippen LogP contribution < -0.4 is 24.3 Å². The van der Waals surface area contributed by atoms with E-state index in [1.807, 2.05) is 18.2 Å². The van der Waals surface area contributed by atoms with Gasteiger partial charge in [0.2, 0.25) is 6.10 Å². The normalized spacial score (nSPS) is 17.1. The van der Waals surface area contributed by atoms with E-state index in [2.05, 4.69) is 15.5 Å². The van der Waals surface area contributed by atoms with Crippen LogP contribution in [0.25, 0.3) is 0 Å². The minimum absolute atomic E-state index is 0.0302. The Labute approximate surface area is 159 Å². The number of hydrogen-bond acceptors (Lipinski definition) is 8. The Morgan fingerprint density at radius 1 is 0.929 bits per heavy atom. The third kappa shape index (κ3) is 3.07. The molecule has 1 unspecified atom stereocenters. The zero-order chi connectivity index (χ0) is 18.9. The molecule has 2 aliphatic rings. The van der Waals surface area contributed by atoms with Gasteiger partial charge in [0.15, 0.2) is 23.0 Å². The predicted molar refractivity (Wildman–Crippen MR) is 95.0 cm³/mol. The van der Waals surface area contributed by atoms with Gasteiger partial charge < -0.3 is 23.4 Å². The van der Waals surface area contributed by atoms with Crippen molar-refractivity contribution >= 4 is 11.9 Å². The summed E-state index contributed by atoms with van der Waals surface area (Å²) in [5.41, 5.74) is 0.384. The third-order valence-electron chi connectivity index (χ3n) is 4.25. The Kier molecular flexibility index (Phi) is 3.97. The van der Waals surface area contributed by atoms with Gasteiger partial charge in [-0.05, 0) is 30.3 Å². The van der Waals surface area contributed by atoms with E-state index in [4.69, 9.17) is 23.4 Å². The number of nitrogens with one attached hydrogen (secondary N) is 1. The fourth-order valence-corrected chi connectivity index (χ4v) is 2.91. The summed E-state index contributed by atoms with van der Waals surface area (Å²) in [5.74, 6) is 2.20. The Hall–Kier alpha value is -3.75.